The second kappa shape index (κ2) is 5.20. The maximum absolute atomic E-state index is 5.63. The summed E-state index contributed by atoms with van der Waals surface area (Å²) in [6.07, 6.45) is 1.70. The molecular formula is C11H12N4S2. The van der Waals surface area contributed by atoms with Crippen LogP contribution in [0.2, 0.25) is 0 Å². The number of nitrogens with one attached hydrogen (secondary N) is 1. The van der Waals surface area contributed by atoms with E-state index in [1.807, 2.05) is 24.4 Å². The number of thiocarbonyl (C=S) groups is 1. The minimum absolute atomic E-state index is 0.343. The lowest BCUT2D eigenvalue weighted by Gasteiger charge is -2.08. The maximum Gasteiger partial charge on any atom is 0.136 e. The summed E-state index contributed by atoms with van der Waals surface area (Å²) >= 11 is 6.60. The molecule has 2 rings (SSSR count). The van der Waals surface area contributed by atoms with Crippen LogP contribution in [-0.4, -0.2) is 15.0 Å². The third-order valence-electron chi connectivity index (χ3n) is 2.18. The van der Waals surface area contributed by atoms with E-state index in [2.05, 4.69) is 15.3 Å². The van der Waals surface area contributed by atoms with Crippen molar-refractivity contribution >= 4 is 34.4 Å². The number of aryl methyl sites for hydroxylation is 1. The average Bonchev–Trinajstić information content (AvgIpc) is 2.73. The first kappa shape index (κ1) is 11.9. The van der Waals surface area contributed by atoms with Crippen molar-refractivity contribution in [3.63, 3.8) is 0 Å². The van der Waals surface area contributed by atoms with Gasteiger partial charge in [0.1, 0.15) is 10.8 Å². The van der Waals surface area contributed by atoms with E-state index >= 15 is 0 Å². The average molecular weight is 264 g/mol. The molecule has 0 saturated carbocycles. The van der Waals surface area contributed by atoms with Gasteiger partial charge in [0.05, 0.1) is 22.8 Å². The molecule has 0 aliphatic carbocycles. The van der Waals surface area contributed by atoms with Gasteiger partial charge in [-0.15, -0.1) is 11.3 Å². The first-order valence-corrected chi connectivity index (χ1v) is 6.35. The molecule has 0 unspecified atom stereocenters. The van der Waals surface area contributed by atoms with Crippen molar-refractivity contribution in [1.82, 2.24) is 9.97 Å². The minimum Gasteiger partial charge on any atom is -0.389 e. The molecule has 0 aliphatic rings. The Bertz CT molecular complexity index is 536. The summed E-state index contributed by atoms with van der Waals surface area (Å²) in [5, 5.41) is 6.26. The molecule has 2 heterocycles. The fourth-order valence-corrected chi connectivity index (χ4v) is 2.19. The largest absolute Gasteiger partial charge is 0.389 e. The van der Waals surface area contributed by atoms with Crippen LogP contribution in [0.5, 0.6) is 0 Å². The lowest BCUT2D eigenvalue weighted by atomic mass is 10.2. The number of nitrogens with two attached hydrogens (primary N) is 1. The van der Waals surface area contributed by atoms with Crippen LogP contribution < -0.4 is 11.1 Å². The molecule has 0 aliphatic heterocycles. The molecule has 0 bridgehead atoms. The van der Waals surface area contributed by atoms with Gasteiger partial charge in [-0.3, -0.25) is 0 Å². The summed E-state index contributed by atoms with van der Waals surface area (Å²) in [6, 6.07) is 3.66. The number of pyridine rings is 1. The molecule has 4 nitrogen and oxygen atoms in total. The predicted molar refractivity (Wildman–Crippen MR) is 74.3 cm³/mol. The summed E-state index contributed by atoms with van der Waals surface area (Å²) < 4.78 is 0. The second-order valence-corrected chi connectivity index (χ2v) is 4.98. The number of nitrogens with zero attached hydrogens (tertiary/aromatic N) is 2. The molecule has 3 N–H and O–H groups in total. The zero-order valence-corrected chi connectivity index (χ0v) is 10.9. The van der Waals surface area contributed by atoms with Crippen molar-refractivity contribution in [1.29, 1.82) is 0 Å². The zero-order chi connectivity index (χ0) is 12.3. The van der Waals surface area contributed by atoms with Crippen LogP contribution in [0.4, 0.5) is 5.82 Å². The summed E-state index contributed by atoms with van der Waals surface area (Å²) in [5.41, 5.74) is 7.38. The number of rotatable bonds is 4. The Kier molecular flexibility index (Phi) is 3.65. The molecule has 0 radical (unpaired) electrons. The van der Waals surface area contributed by atoms with Crippen molar-refractivity contribution in [3.8, 4) is 0 Å². The number of anilines is 1. The van der Waals surface area contributed by atoms with Gasteiger partial charge in [-0.1, -0.05) is 12.2 Å². The maximum atomic E-state index is 5.63. The van der Waals surface area contributed by atoms with E-state index in [1.54, 1.807) is 17.5 Å². The molecule has 0 aromatic carbocycles. The zero-order valence-electron chi connectivity index (χ0n) is 9.30. The van der Waals surface area contributed by atoms with Gasteiger partial charge in [0, 0.05) is 11.6 Å². The van der Waals surface area contributed by atoms with Crippen molar-refractivity contribution in [2.24, 2.45) is 5.73 Å². The smallest absolute Gasteiger partial charge is 0.136 e. The summed E-state index contributed by atoms with van der Waals surface area (Å²) in [7, 11) is 0. The fourth-order valence-electron chi connectivity index (χ4n) is 1.41. The van der Waals surface area contributed by atoms with E-state index in [9.17, 15) is 0 Å². The number of hydrogen-bond donors (Lipinski definition) is 2. The van der Waals surface area contributed by atoms with Crippen LogP contribution in [0.15, 0.2) is 23.7 Å². The molecule has 0 amide bonds. The number of aromatic nitrogens is 2. The van der Waals surface area contributed by atoms with Gasteiger partial charge in [-0.25, -0.2) is 9.97 Å². The standard InChI is InChI=1S/C11H12N4S2/c1-7-15-8(6-17-7)5-14-11-9(10(12)16)3-2-4-13-11/h2-4,6H,5H2,1H3,(H2,12,16)(H,13,14). The van der Waals surface area contributed by atoms with Crippen LogP contribution in [0.1, 0.15) is 16.3 Å². The Hall–Kier alpha value is -1.53. The quantitative estimate of drug-likeness (QED) is 0.828. The summed E-state index contributed by atoms with van der Waals surface area (Å²) in [4.78, 5) is 8.93. The van der Waals surface area contributed by atoms with Gasteiger partial charge < -0.3 is 11.1 Å². The van der Waals surface area contributed by atoms with Crippen molar-refractivity contribution in [2.75, 3.05) is 5.32 Å². The monoisotopic (exact) mass is 264 g/mol. The highest BCUT2D eigenvalue weighted by Crippen LogP contribution is 2.14. The highest BCUT2D eigenvalue weighted by atomic mass is 32.1. The molecule has 88 valence electrons. The van der Waals surface area contributed by atoms with Crippen LogP contribution in [0, 0.1) is 6.92 Å². The summed E-state index contributed by atoms with van der Waals surface area (Å²) in [6.45, 7) is 2.60. The van der Waals surface area contributed by atoms with Crippen LogP contribution in [-0.2, 0) is 6.54 Å². The Morgan fingerprint density at radius 1 is 1.59 bits per heavy atom. The van der Waals surface area contributed by atoms with E-state index in [1.165, 1.54) is 0 Å². The molecule has 0 saturated heterocycles. The van der Waals surface area contributed by atoms with Gasteiger partial charge >= 0.3 is 0 Å². The Labute approximate surface area is 109 Å². The SMILES string of the molecule is Cc1nc(CNc2ncccc2C(N)=S)cs1. The topological polar surface area (TPSA) is 63.8 Å². The first-order valence-electron chi connectivity index (χ1n) is 5.06. The molecular weight excluding hydrogens is 252 g/mol. The van der Waals surface area contributed by atoms with Crippen molar-refractivity contribution < 1.29 is 0 Å². The highest BCUT2D eigenvalue weighted by molar-refractivity contribution is 7.80. The molecule has 0 fully saturated rings. The summed E-state index contributed by atoms with van der Waals surface area (Å²) in [5.74, 6) is 0.700. The van der Waals surface area contributed by atoms with Crippen LogP contribution >= 0.6 is 23.6 Å². The molecule has 6 heteroatoms. The van der Waals surface area contributed by atoms with E-state index < -0.39 is 0 Å². The van der Waals surface area contributed by atoms with Gasteiger partial charge in [-0.05, 0) is 19.1 Å². The Morgan fingerprint density at radius 3 is 3.06 bits per heavy atom. The minimum atomic E-state index is 0.343. The highest BCUT2D eigenvalue weighted by Gasteiger charge is 2.06. The van der Waals surface area contributed by atoms with E-state index in [0.29, 0.717) is 17.4 Å². The molecule has 2 aromatic heterocycles. The van der Waals surface area contributed by atoms with E-state index in [0.717, 1.165) is 16.3 Å². The van der Waals surface area contributed by atoms with Gasteiger partial charge in [0.15, 0.2) is 0 Å². The third-order valence-corrected chi connectivity index (χ3v) is 3.22. The van der Waals surface area contributed by atoms with Gasteiger partial charge in [0.2, 0.25) is 0 Å². The van der Waals surface area contributed by atoms with Crippen LogP contribution in [0.25, 0.3) is 0 Å². The van der Waals surface area contributed by atoms with Crippen LogP contribution in [0.3, 0.4) is 0 Å². The van der Waals surface area contributed by atoms with Crippen molar-refractivity contribution in [3.05, 3.63) is 40.0 Å². The predicted octanol–water partition coefficient (Wildman–Crippen LogP) is 2.09. The van der Waals surface area contributed by atoms with E-state index in [-0.39, 0.29) is 0 Å². The lowest BCUT2D eigenvalue weighted by molar-refractivity contribution is 1.04. The fraction of sp³-hybridized carbons (Fsp3) is 0.182. The number of thiazole rings is 1. The van der Waals surface area contributed by atoms with Crippen molar-refractivity contribution in [2.45, 2.75) is 13.5 Å². The second-order valence-electron chi connectivity index (χ2n) is 3.48. The Balaban J connectivity index is 2.11. The van der Waals surface area contributed by atoms with E-state index in [4.69, 9.17) is 18.0 Å². The normalized spacial score (nSPS) is 10.2. The lowest BCUT2D eigenvalue weighted by Crippen LogP contribution is -2.14. The molecule has 0 atom stereocenters. The first-order chi connectivity index (χ1) is 8.16. The molecule has 2 aromatic rings. The third kappa shape index (κ3) is 2.98. The van der Waals surface area contributed by atoms with Gasteiger partial charge in [-0.2, -0.15) is 0 Å². The Morgan fingerprint density at radius 2 is 2.41 bits per heavy atom. The molecule has 17 heavy (non-hydrogen) atoms. The molecule has 0 spiro atoms. The van der Waals surface area contributed by atoms with Gasteiger partial charge in [0.25, 0.3) is 0 Å². The number of hydrogen-bond acceptors (Lipinski definition) is 5.